The molecule has 0 radical (unpaired) electrons. The van der Waals surface area contributed by atoms with Gasteiger partial charge in [-0.05, 0) is 51.7 Å². The van der Waals surface area contributed by atoms with Gasteiger partial charge in [0.2, 0.25) is 11.8 Å². The molecule has 6 heteroatoms. The first kappa shape index (κ1) is 17.5. The van der Waals surface area contributed by atoms with Gasteiger partial charge in [0.15, 0.2) is 0 Å². The van der Waals surface area contributed by atoms with E-state index in [2.05, 4.69) is 10.6 Å². The topological polar surface area (TPSA) is 61.4 Å². The van der Waals surface area contributed by atoms with E-state index in [1.165, 1.54) is 0 Å². The first-order valence-electron chi connectivity index (χ1n) is 6.86. The minimum atomic E-state index is -0.342. The molecule has 0 fully saturated rings. The third-order valence-electron chi connectivity index (χ3n) is 2.97. The first-order chi connectivity index (χ1) is 9.90. The fourth-order valence-electron chi connectivity index (χ4n) is 1.77. The summed E-state index contributed by atoms with van der Waals surface area (Å²) in [6.07, 6.45) is 0.668. The van der Waals surface area contributed by atoms with Gasteiger partial charge in [-0.3, -0.25) is 9.59 Å². The van der Waals surface area contributed by atoms with E-state index in [0.29, 0.717) is 17.3 Å². The van der Waals surface area contributed by atoms with Gasteiger partial charge < -0.3 is 15.5 Å². The summed E-state index contributed by atoms with van der Waals surface area (Å²) in [5.74, 6) is -0.614. The molecule has 0 heterocycles. The number of carbonyl (C=O) groups is 2. The van der Waals surface area contributed by atoms with Gasteiger partial charge in [0, 0.05) is 17.3 Å². The third kappa shape index (κ3) is 6.60. The van der Waals surface area contributed by atoms with Crippen molar-refractivity contribution in [1.29, 1.82) is 0 Å². The van der Waals surface area contributed by atoms with Crippen LogP contribution in [0.2, 0.25) is 5.02 Å². The summed E-state index contributed by atoms with van der Waals surface area (Å²) < 4.78 is 0. The molecular formula is C15H22ClN3O2. The van der Waals surface area contributed by atoms with E-state index in [1.807, 2.05) is 25.9 Å². The highest BCUT2D eigenvalue weighted by Gasteiger charge is 2.11. The molecule has 0 saturated heterocycles. The van der Waals surface area contributed by atoms with Crippen molar-refractivity contribution in [2.75, 3.05) is 32.5 Å². The Morgan fingerprint density at radius 1 is 1.24 bits per heavy atom. The summed E-state index contributed by atoms with van der Waals surface area (Å²) in [6, 6.07) is 5.27. The zero-order chi connectivity index (χ0) is 15.8. The molecule has 0 aromatic heterocycles. The van der Waals surface area contributed by atoms with E-state index < -0.39 is 0 Å². The van der Waals surface area contributed by atoms with Crippen molar-refractivity contribution < 1.29 is 9.59 Å². The average Bonchev–Trinajstić information content (AvgIpc) is 2.40. The Balaban J connectivity index is 2.36. The first-order valence-corrected chi connectivity index (χ1v) is 7.24. The lowest BCUT2D eigenvalue weighted by Crippen LogP contribution is -2.30. The van der Waals surface area contributed by atoms with Gasteiger partial charge in [-0.2, -0.15) is 0 Å². The summed E-state index contributed by atoms with van der Waals surface area (Å²) in [4.78, 5) is 25.5. The lowest BCUT2D eigenvalue weighted by Gasteiger charge is -2.11. The molecule has 116 valence electrons. The molecule has 0 bridgehead atoms. The van der Waals surface area contributed by atoms with Crippen LogP contribution >= 0.6 is 11.6 Å². The Bertz CT molecular complexity index is 504. The normalized spacial score (nSPS) is 10.5. The molecule has 0 saturated carbocycles. The SMILES string of the molecule is Cc1c(Cl)cccc1NC(=O)CC(=O)NCCCN(C)C. The molecule has 1 aromatic rings. The molecule has 0 spiro atoms. The second-order valence-corrected chi connectivity index (χ2v) is 5.55. The van der Waals surface area contributed by atoms with Crippen molar-refractivity contribution in [3.8, 4) is 0 Å². The van der Waals surface area contributed by atoms with Crippen LogP contribution in [0.4, 0.5) is 5.69 Å². The van der Waals surface area contributed by atoms with Crippen LogP contribution in [-0.2, 0) is 9.59 Å². The van der Waals surface area contributed by atoms with Crippen LogP contribution in [0.1, 0.15) is 18.4 Å². The Hall–Kier alpha value is -1.59. The van der Waals surface area contributed by atoms with E-state index in [-0.39, 0.29) is 18.2 Å². The average molecular weight is 312 g/mol. The maximum Gasteiger partial charge on any atom is 0.233 e. The summed E-state index contributed by atoms with van der Waals surface area (Å²) in [5, 5.41) is 6.01. The highest BCUT2D eigenvalue weighted by molar-refractivity contribution is 6.31. The van der Waals surface area contributed by atoms with Crippen LogP contribution in [0.15, 0.2) is 18.2 Å². The number of nitrogens with one attached hydrogen (secondary N) is 2. The highest BCUT2D eigenvalue weighted by atomic mass is 35.5. The number of benzene rings is 1. The number of halogens is 1. The molecule has 0 unspecified atom stereocenters. The van der Waals surface area contributed by atoms with Crippen molar-refractivity contribution in [2.45, 2.75) is 19.8 Å². The molecule has 2 amide bonds. The fraction of sp³-hybridized carbons (Fsp3) is 0.467. The maximum absolute atomic E-state index is 11.8. The van der Waals surface area contributed by atoms with Crippen molar-refractivity contribution in [1.82, 2.24) is 10.2 Å². The largest absolute Gasteiger partial charge is 0.356 e. The molecule has 0 aliphatic heterocycles. The van der Waals surface area contributed by atoms with Gasteiger partial charge >= 0.3 is 0 Å². The van der Waals surface area contributed by atoms with Crippen molar-refractivity contribution in [2.24, 2.45) is 0 Å². The van der Waals surface area contributed by atoms with Gasteiger partial charge in [0.1, 0.15) is 6.42 Å². The van der Waals surface area contributed by atoms with E-state index in [0.717, 1.165) is 18.5 Å². The van der Waals surface area contributed by atoms with Gasteiger partial charge in [0.25, 0.3) is 0 Å². The number of hydrogen-bond acceptors (Lipinski definition) is 3. The van der Waals surface area contributed by atoms with Crippen molar-refractivity contribution in [3.05, 3.63) is 28.8 Å². The lowest BCUT2D eigenvalue weighted by molar-refractivity contribution is -0.126. The predicted molar refractivity (Wildman–Crippen MR) is 85.6 cm³/mol. The molecule has 1 rings (SSSR count). The van der Waals surface area contributed by atoms with Crippen LogP contribution in [0.5, 0.6) is 0 Å². The second-order valence-electron chi connectivity index (χ2n) is 5.14. The molecular weight excluding hydrogens is 290 g/mol. The molecule has 0 atom stereocenters. The van der Waals surface area contributed by atoms with Crippen LogP contribution in [0, 0.1) is 6.92 Å². The molecule has 1 aromatic carbocycles. The van der Waals surface area contributed by atoms with E-state index in [1.54, 1.807) is 18.2 Å². The zero-order valence-corrected chi connectivity index (χ0v) is 13.5. The van der Waals surface area contributed by atoms with Crippen molar-refractivity contribution in [3.63, 3.8) is 0 Å². The summed E-state index contributed by atoms with van der Waals surface area (Å²) in [5.41, 5.74) is 1.42. The predicted octanol–water partition coefficient (Wildman–Crippen LogP) is 2.04. The van der Waals surface area contributed by atoms with E-state index in [4.69, 9.17) is 11.6 Å². The minimum absolute atomic E-state index is 0.187. The smallest absolute Gasteiger partial charge is 0.233 e. The second kappa shape index (κ2) is 8.64. The number of amides is 2. The molecule has 0 aliphatic rings. The van der Waals surface area contributed by atoms with E-state index >= 15 is 0 Å². The number of carbonyl (C=O) groups excluding carboxylic acids is 2. The highest BCUT2D eigenvalue weighted by Crippen LogP contribution is 2.22. The lowest BCUT2D eigenvalue weighted by atomic mass is 10.2. The standard InChI is InChI=1S/C15H22ClN3O2/c1-11-12(16)6-4-7-13(11)18-15(21)10-14(20)17-8-5-9-19(2)3/h4,6-7H,5,8-10H2,1-3H3,(H,17,20)(H,18,21). The summed E-state index contributed by atoms with van der Waals surface area (Å²) in [7, 11) is 3.95. The van der Waals surface area contributed by atoms with Crippen LogP contribution in [0.3, 0.4) is 0 Å². The van der Waals surface area contributed by atoms with E-state index in [9.17, 15) is 9.59 Å². The monoisotopic (exact) mass is 311 g/mol. The van der Waals surface area contributed by atoms with Crippen molar-refractivity contribution >= 4 is 29.1 Å². The molecule has 2 N–H and O–H groups in total. The third-order valence-corrected chi connectivity index (χ3v) is 3.38. The maximum atomic E-state index is 11.8. The Morgan fingerprint density at radius 2 is 1.95 bits per heavy atom. The minimum Gasteiger partial charge on any atom is -0.356 e. The number of hydrogen-bond donors (Lipinski definition) is 2. The van der Waals surface area contributed by atoms with Crippen LogP contribution in [-0.4, -0.2) is 43.9 Å². The van der Waals surface area contributed by atoms with Crippen LogP contribution in [0.25, 0.3) is 0 Å². The zero-order valence-electron chi connectivity index (χ0n) is 12.7. The fourth-order valence-corrected chi connectivity index (χ4v) is 1.94. The number of anilines is 1. The van der Waals surface area contributed by atoms with Gasteiger partial charge in [-0.15, -0.1) is 0 Å². The van der Waals surface area contributed by atoms with Gasteiger partial charge in [-0.1, -0.05) is 17.7 Å². The Morgan fingerprint density at radius 3 is 2.62 bits per heavy atom. The number of rotatable bonds is 7. The van der Waals surface area contributed by atoms with Crippen LogP contribution < -0.4 is 10.6 Å². The van der Waals surface area contributed by atoms with Gasteiger partial charge in [-0.25, -0.2) is 0 Å². The Kier molecular flexibility index (Phi) is 7.19. The number of nitrogens with zero attached hydrogens (tertiary/aromatic N) is 1. The van der Waals surface area contributed by atoms with Gasteiger partial charge in [0.05, 0.1) is 0 Å². The molecule has 5 nitrogen and oxygen atoms in total. The Labute approximate surface area is 130 Å². The quantitative estimate of drug-likeness (QED) is 0.598. The molecule has 0 aliphatic carbocycles. The molecule has 21 heavy (non-hydrogen) atoms. The summed E-state index contributed by atoms with van der Waals surface area (Å²) >= 11 is 5.98. The summed E-state index contributed by atoms with van der Waals surface area (Å²) in [6.45, 7) is 3.29.